The molecule has 2 saturated carbocycles. The number of carbonyl (C=O) groups is 5. The molecule has 1 saturated heterocycles. The smallest absolute Gasteiger partial charge is 0.289 e. The zero-order chi connectivity index (χ0) is 28.4. The molecule has 0 bridgehead atoms. The predicted octanol–water partition coefficient (Wildman–Crippen LogP) is 2.76. The number of amides is 3. The van der Waals surface area contributed by atoms with Crippen LogP contribution in [0.15, 0.2) is 24.3 Å². The Bertz CT molecular complexity index is 1320. The molecule has 1 aromatic heterocycles. The molecule has 0 radical (unpaired) electrons. The van der Waals surface area contributed by atoms with Crippen LogP contribution in [0.4, 0.5) is 0 Å². The van der Waals surface area contributed by atoms with Crippen LogP contribution in [-0.2, 0) is 19.2 Å². The van der Waals surface area contributed by atoms with Crippen LogP contribution < -0.4 is 15.4 Å². The Balaban J connectivity index is 1.40. The van der Waals surface area contributed by atoms with Gasteiger partial charge in [0, 0.05) is 36.3 Å². The molecule has 10 nitrogen and oxygen atoms in total. The largest absolute Gasteiger partial charge is 0.496 e. The first-order valence-electron chi connectivity index (χ1n) is 14.4. The van der Waals surface area contributed by atoms with Crippen LogP contribution in [0.25, 0.3) is 10.9 Å². The summed E-state index contributed by atoms with van der Waals surface area (Å²) in [7, 11) is 1.57. The van der Waals surface area contributed by atoms with E-state index in [2.05, 4.69) is 15.6 Å². The lowest BCUT2D eigenvalue weighted by Crippen LogP contribution is -2.55. The molecule has 5 rings (SSSR count). The maximum Gasteiger partial charge on any atom is 0.289 e. The van der Waals surface area contributed by atoms with Gasteiger partial charge in [0.2, 0.25) is 11.7 Å². The van der Waals surface area contributed by atoms with Gasteiger partial charge in [-0.15, -0.1) is 0 Å². The van der Waals surface area contributed by atoms with Crippen LogP contribution in [0.2, 0.25) is 0 Å². The summed E-state index contributed by atoms with van der Waals surface area (Å²) in [5, 5.41) is 6.20. The number of aromatic amines is 1. The molecule has 2 aromatic rings. The molecule has 40 heavy (non-hydrogen) atoms. The summed E-state index contributed by atoms with van der Waals surface area (Å²) in [5.74, 6) is -1.74. The Morgan fingerprint density at radius 1 is 1.15 bits per heavy atom. The molecule has 0 spiro atoms. The highest BCUT2D eigenvalue weighted by Crippen LogP contribution is 2.43. The van der Waals surface area contributed by atoms with E-state index < -0.39 is 29.7 Å². The third-order valence-corrected chi connectivity index (χ3v) is 8.84. The van der Waals surface area contributed by atoms with Crippen LogP contribution in [-0.4, -0.2) is 71.5 Å². The first-order valence-corrected chi connectivity index (χ1v) is 14.4. The monoisotopic (exact) mass is 550 g/mol. The van der Waals surface area contributed by atoms with Crippen molar-refractivity contribution >= 4 is 40.2 Å². The fourth-order valence-corrected chi connectivity index (χ4v) is 6.82. The third-order valence-electron chi connectivity index (χ3n) is 8.84. The van der Waals surface area contributed by atoms with Crippen LogP contribution in [0.3, 0.4) is 0 Å². The zero-order valence-corrected chi connectivity index (χ0v) is 23.2. The van der Waals surface area contributed by atoms with Gasteiger partial charge in [-0.2, -0.15) is 0 Å². The van der Waals surface area contributed by atoms with E-state index in [0.717, 1.165) is 36.6 Å². The Morgan fingerprint density at radius 2 is 1.98 bits per heavy atom. The molecule has 5 atom stereocenters. The van der Waals surface area contributed by atoms with E-state index in [0.29, 0.717) is 43.8 Å². The lowest BCUT2D eigenvalue weighted by Gasteiger charge is -2.29. The number of benzene rings is 1. The summed E-state index contributed by atoms with van der Waals surface area (Å²) in [5.41, 5.74) is 1.12. The van der Waals surface area contributed by atoms with Gasteiger partial charge in [-0.3, -0.25) is 24.0 Å². The number of rotatable bonds is 10. The van der Waals surface area contributed by atoms with E-state index in [4.69, 9.17) is 4.74 Å². The molecular formula is C30H38N4O6. The number of ketones is 2. The first kappa shape index (κ1) is 27.9. The number of fused-ring (bicyclic) bond motifs is 2. The molecule has 3 fully saturated rings. The number of nitrogens with zero attached hydrogens (tertiary/aromatic N) is 1. The number of carbonyl (C=O) groups excluding carboxylic acids is 5. The molecule has 2 heterocycles. The van der Waals surface area contributed by atoms with E-state index >= 15 is 0 Å². The molecule has 10 heteroatoms. The highest BCUT2D eigenvalue weighted by molar-refractivity contribution is 6.38. The summed E-state index contributed by atoms with van der Waals surface area (Å²) in [6, 6.07) is 5.39. The summed E-state index contributed by atoms with van der Waals surface area (Å²) in [6.45, 7) is 2.68. The van der Waals surface area contributed by atoms with Gasteiger partial charge >= 0.3 is 0 Å². The topological polar surface area (TPSA) is 138 Å². The van der Waals surface area contributed by atoms with Gasteiger partial charge < -0.3 is 25.3 Å². The molecule has 5 unspecified atom stereocenters. The van der Waals surface area contributed by atoms with Gasteiger partial charge in [0.05, 0.1) is 13.2 Å². The van der Waals surface area contributed by atoms with E-state index in [-0.39, 0.29) is 35.9 Å². The van der Waals surface area contributed by atoms with Crippen molar-refractivity contribution in [2.45, 2.75) is 70.4 Å². The number of aromatic nitrogens is 1. The summed E-state index contributed by atoms with van der Waals surface area (Å²) < 4.78 is 5.44. The molecule has 3 N–H and O–H groups in total. The fourth-order valence-electron chi connectivity index (χ4n) is 6.82. The second-order valence-corrected chi connectivity index (χ2v) is 11.3. The number of nitrogens with one attached hydrogen (secondary N) is 3. The quantitative estimate of drug-likeness (QED) is 0.389. The number of hydrogen-bond donors (Lipinski definition) is 3. The summed E-state index contributed by atoms with van der Waals surface area (Å²) >= 11 is 0. The van der Waals surface area contributed by atoms with E-state index in [1.807, 2.05) is 25.1 Å². The van der Waals surface area contributed by atoms with Gasteiger partial charge in [0.15, 0.2) is 0 Å². The average Bonchev–Trinajstić information content (AvgIpc) is 3.74. The maximum absolute atomic E-state index is 13.9. The van der Waals surface area contributed by atoms with E-state index in [1.54, 1.807) is 18.1 Å². The molecule has 3 aliphatic rings. The Morgan fingerprint density at radius 3 is 2.70 bits per heavy atom. The van der Waals surface area contributed by atoms with E-state index in [1.165, 1.54) is 0 Å². The minimum absolute atomic E-state index is 0.0272. The van der Waals surface area contributed by atoms with Crippen molar-refractivity contribution in [2.24, 2.45) is 17.8 Å². The first-order chi connectivity index (χ1) is 19.3. The van der Waals surface area contributed by atoms with Crippen molar-refractivity contribution in [3.05, 3.63) is 30.0 Å². The van der Waals surface area contributed by atoms with Gasteiger partial charge in [-0.25, -0.2) is 0 Å². The lowest BCUT2D eigenvalue weighted by atomic mass is 9.91. The lowest BCUT2D eigenvalue weighted by molar-refractivity contribution is -0.141. The third kappa shape index (κ3) is 5.36. The van der Waals surface area contributed by atoms with Crippen molar-refractivity contribution in [3.8, 4) is 5.75 Å². The minimum Gasteiger partial charge on any atom is -0.496 e. The predicted molar refractivity (Wildman–Crippen MR) is 148 cm³/mol. The molecule has 214 valence electrons. The summed E-state index contributed by atoms with van der Waals surface area (Å²) in [4.78, 5) is 70.7. The average molecular weight is 551 g/mol. The van der Waals surface area contributed by atoms with Crippen molar-refractivity contribution < 1.29 is 28.7 Å². The number of ether oxygens (including phenoxy) is 1. The van der Waals surface area contributed by atoms with Crippen molar-refractivity contribution in [3.63, 3.8) is 0 Å². The second kappa shape index (κ2) is 11.8. The number of likely N-dealkylation sites (tertiary alicyclic amines) is 1. The Hall–Kier alpha value is -3.69. The Kier molecular flexibility index (Phi) is 8.23. The second-order valence-electron chi connectivity index (χ2n) is 11.3. The van der Waals surface area contributed by atoms with Gasteiger partial charge in [-0.05, 0) is 68.6 Å². The minimum atomic E-state index is -1.12. The molecular weight excluding hydrogens is 512 g/mol. The highest BCUT2D eigenvalue weighted by atomic mass is 16.5. The van der Waals surface area contributed by atoms with Crippen molar-refractivity contribution in [1.29, 1.82) is 0 Å². The number of Topliss-reactive ketones (excluding diaryl/α,β-unsaturated/α-hetero) is 2. The van der Waals surface area contributed by atoms with Crippen LogP contribution in [0, 0.1) is 17.8 Å². The van der Waals surface area contributed by atoms with Gasteiger partial charge in [-0.1, -0.05) is 19.4 Å². The van der Waals surface area contributed by atoms with Gasteiger partial charge in [0.1, 0.15) is 23.3 Å². The van der Waals surface area contributed by atoms with E-state index in [9.17, 15) is 24.0 Å². The standard InChI is InChI=1S/C30H38N4O6/c1-3-13-31-29(38)27(36)22(14-17-7-5-11-24(17)35)33-28(37)26-19-9-4-8-18(19)16-34(26)30(39)23-15-20-21(32-23)10-6-12-25(20)40-2/h6,10,12,15,17-19,22,26,32H,3-5,7-9,11,13-14,16H2,1-2H3,(H,31,38)(H,33,37). The number of methoxy groups -OCH3 is 1. The maximum atomic E-state index is 13.9. The van der Waals surface area contributed by atoms with Crippen molar-refractivity contribution in [2.75, 3.05) is 20.2 Å². The number of hydrogen-bond acceptors (Lipinski definition) is 6. The molecule has 2 aliphatic carbocycles. The molecule has 1 aromatic carbocycles. The van der Waals surface area contributed by atoms with Crippen molar-refractivity contribution in [1.82, 2.24) is 20.5 Å². The van der Waals surface area contributed by atoms with Crippen LogP contribution >= 0.6 is 0 Å². The fraction of sp³-hybridized carbons (Fsp3) is 0.567. The van der Waals surface area contributed by atoms with Crippen LogP contribution in [0.5, 0.6) is 5.75 Å². The molecule has 1 aliphatic heterocycles. The normalized spacial score (nSPS) is 24.6. The Labute approximate surface area is 233 Å². The summed E-state index contributed by atoms with van der Waals surface area (Å²) in [6.07, 6.45) is 5.30. The zero-order valence-electron chi connectivity index (χ0n) is 23.2. The number of H-pyrrole nitrogens is 1. The van der Waals surface area contributed by atoms with Gasteiger partial charge in [0.25, 0.3) is 11.8 Å². The van der Waals surface area contributed by atoms with Crippen LogP contribution in [0.1, 0.15) is 68.8 Å². The highest BCUT2D eigenvalue weighted by Gasteiger charge is 2.50. The molecule has 3 amide bonds. The SMILES string of the molecule is CCCNC(=O)C(=O)C(CC1CCCC1=O)NC(=O)C1C2CCCC2CN1C(=O)c1cc2c(OC)cccc2[nH]1.